The maximum atomic E-state index is 12.3. The molecule has 0 aromatic heterocycles. The van der Waals surface area contributed by atoms with Crippen LogP contribution in [0.4, 0.5) is 0 Å². The van der Waals surface area contributed by atoms with Gasteiger partial charge in [0.05, 0.1) is 0 Å². The van der Waals surface area contributed by atoms with Gasteiger partial charge in [0.25, 0.3) is 5.91 Å². The molecule has 0 bridgehead atoms. The van der Waals surface area contributed by atoms with Crippen LogP contribution in [0.5, 0.6) is 5.75 Å². The van der Waals surface area contributed by atoms with Crippen LogP contribution in [0, 0.1) is 13.8 Å². The highest BCUT2D eigenvalue weighted by atomic mass is 32.2. The third-order valence-corrected chi connectivity index (χ3v) is 5.00. The first-order chi connectivity index (χ1) is 12.1. The van der Waals surface area contributed by atoms with Gasteiger partial charge in [-0.3, -0.25) is 4.79 Å². The lowest BCUT2D eigenvalue weighted by Crippen LogP contribution is -2.39. The maximum absolute atomic E-state index is 12.3. The van der Waals surface area contributed by atoms with Crippen molar-refractivity contribution in [3.05, 3.63) is 65.2 Å². The zero-order chi connectivity index (χ0) is 18.1. The molecule has 0 fully saturated rings. The van der Waals surface area contributed by atoms with E-state index in [1.165, 1.54) is 11.1 Å². The summed E-state index contributed by atoms with van der Waals surface area (Å²) in [6, 6.07) is 16.2. The number of thioether (sulfide) groups is 1. The molecule has 4 heteroatoms. The highest BCUT2D eigenvalue weighted by Crippen LogP contribution is 2.16. The Morgan fingerprint density at radius 1 is 1.16 bits per heavy atom. The Labute approximate surface area is 155 Å². The Bertz CT molecular complexity index is 687. The number of amides is 1. The second-order valence-electron chi connectivity index (χ2n) is 6.10. The monoisotopic (exact) mass is 357 g/mol. The Kier molecular flexibility index (Phi) is 7.86. The molecule has 0 aliphatic rings. The van der Waals surface area contributed by atoms with E-state index in [1.807, 2.05) is 49.9 Å². The van der Waals surface area contributed by atoms with Crippen LogP contribution in [0.25, 0.3) is 0 Å². The van der Waals surface area contributed by atoms with Gasteiger partial charge in [-0.15, -0.1) is 0 Å². The van der Waals surface area contributed by atoms with Gasteiger partial charge in [0.15, 0.2) is 6.10 Å². The van der Waals surface area contributed by atoms with Crippen molar-refractivity contribution in [3.8, 4) is 5.75 Å². The van der Waals surface area contributed by atoms with Crippen LogP contribution >= 0.6 is 11.8 Å². The van der Waals surface area contributed by atoms with Crippen LogP contribution in [0.3, 0.4) is 0 Å². The molecular weight excluding hydrogens is 330 g/mol. The summed E-state index contributed by atoms with van der Waals surface area (Å²) in [6.45, 7) is 6.77. The summed E-state index contributed by atoms with van der Waals surface area (Å²) in [5.74, 6) is 2.57. The molecule has 2 aromatic carbocycles. The van der Waals surface area contributed by atoms with E-state index in [2.05, 4.69) is 36.5 Å². The SMILES string of the molecule is CC[C@H](Oc1cccc(C)c1)C(=O)NCCSCc1ccccc1C. The fourth-order valence-corrected chi connectivity index (χ4v) is 3.42. The van der Waals surface area contributed by atoms with E-state index in [9.17, 15) is 4.79 Å². The van der Waals surface area contributed by atoms with Gasteiger partial charge in [0, 0.05) is 18.1 Å². The summed E-state index contributed by atoms with van der Waals surface area (Å²) in [5.41, 5.74) is 3.80. The van der Waals surface area contributed by atoms with Crippen LogP contribution in [0.15, 0.2) is 48.5 Å². The lowest BCUT2D eigenvalue weighted by Gasteiger charge is -2.17. The van der Waals surface area contributed by atoms with Gasteiger partial charge >= 0.3 is 0 Å². The zero-order valence-electron chi connectivity index (χ0n) is 15.2. The minimum atomic E-state index is -0.442. The van der Waals surface area contributed by atoms with E-state index in [-0.39, 0.29) is 5.91 Å². The van der Waals surface area contributed by atoms with Gasteiger partial charge in [-0.25, -0.2) is 0 Å². The summed E-state index contributed by atoms with van der Waals surface area (Å²) in [5, 5.41) is 2.98. The Morgan fingerprint density at radius 3 is 2.68 bits per heavy atom. The first-order valence-corrected chi connectivity index (χ1v) is 9.89. The fourth-order valence-electron chi connectivity index (χ4n) is 2.49. The quantitative estimate of drug-likeness (QED) is 0.671. The highest BCUT2D eigenvalue weighted by molar-refractivity contribution is 7.98. The van der Waals surface area contributed by atoms with Crippen LogP contribution in [-0.4, -0.2) is 24.3 Å². The number of hydrogen-bond donors (Lipinski definition) is 1. The lowest BCUT2D eigenvalue weighted by molar-refractivity contribution is -0.127. The minimum Gasteiger partial charge on any atom is -0.481 e. The van der Waals surface area contributed by atoms with Crippen molar-refractivity contribution in [2.24, 2.45) is 0 Å². The molecule has 1 amide bonds. The van der Waals surface area contributed by atoms with Gasteiger partial charge in [-0.1, -0.05) is 43.3 Å². The van der Waals surface area contributed by atoms with E-state index < -0.39 is 6.10 Å². The zero-order valence-corrected chi connectivity index (χ0v) is 16.1. The second kappa shape index (κ2) is 10.1. The third kappa shape index (κ3) is 6.46. The topological polar surface area (TPSA) is 38.3 Å². The van der Waals surface area contributed by atoms with Gasteiger partial charge in [-0.2, -0.15) is 11.8 Å². The summed E-state index contributed by atoms with van der Waals surface area (Å²) >= 11 is 1.83. The average molecular weight is 358 g/mol. The molecule has 0 saturated heterocycles. The van der Waals surface area contributed by atoms with E-state index >= 15 is 0 Å². The number of aryl methyl sites for hydroxylation is 2. The molecule has 0 aliphatic carbocycles. The van der Waals surface area contributed by atoms with E-state index in [1.54, 1.807) is 0 Å². The van der Waals surface area contributed by atoms with Gasteiger partial charge in [0.1, 0.15) is 5.75 Å². The van der Waals surface area contributed by atoms with Crippen LogP contribution in [0.2, 0.25) is 0 Å². The molecule has 0 aliphatic heterocycles. The Morgan fingerprint density at radius 2 is 1.96 bits per heavy atom. The standard InChI is InChI=1S/C21H27NO2S/c1-4-20(24-19-11-7-8-16(2)14-19)21(23)22-12-13-25-15-18-10-6-5-9-17(18)3/h5-11,14,20H,4,12-13,15H2,1-3H3,(H,22,23)/t20-/m0/s1. The Balaban J connectivity index is 1.72. The number of ether oxygens (including phenoxy) is 1. The number of benzene rings is 2. The molecule has 0 unspecified atom stereocenters. The number of hydrogen-bond acceptors (Lipinski definition) is 3. The molecule has 3 nitrogen and oxygen atoms in total. The largest absolute Gasteiger partial charge is 0.481 e. The first kappa shape index (κ1) is 19.4. The lowest BCUT2D eigenvalue weighted by atomic mass is 10.1. The van der Waals surface area contributed by atoms with Crippen molar-refractivity contribution in [3.63, 3.8) is 0 Å². The van der Waals surface area contributed by atoms with Crippen molar-refractivity contribution >= 4 is 17.7 Å². The molecule has 0 heterocycles. The molecule has 2 rings (SSSR count). The minimum absolute atomic E-state index is 0.0412. The van der Waals surface area contributed by atoms with Crippen LogP contribution in [0.1, 0.15) is 30.0 Å². The molecule has 0 saturated carbocycles. The first-order valence-electron chi connectivity index (χ1n) is 8.73. The van der Waals surface area contributed by atoms with Crippen LogP contribution < -0.4 is 10.1 Å². The maximum Gasteiger partial charge on any atom is 0.261 e. The summed E-state index contributed by atoms with van der Waals surface area (Å²) < 4.78 is 5.83. The highest BCUT2D eigenvalue weighted by Gasteiger charge is 2.17. The number of carbonyl (C=O) groups excluding carboxylic acids is 1. The molecule has 25 heavy (non-hydrogen) atoms. The smallest absolute Gasteiger partial charge is 0.261 e. The van der Waals surface area contributed by atoms with E-state index in [0.717, 1.165) is 22.8 Å². The van der Waals surface area contributed by atoms with E-state index in [4.69, 9.17) is 4.74 Å². The molecule has 0 radical (unpaired) electrons. The fraction of sp³-hybridized carbons (Fsp3) is 0.381. The summed E-state index contributed by atoms with van der Waals surface area (Å²) in [4.78, 5) is 12.3. The van der Waals surface area contributed by atoms with E-state index in [0.29, 0.717) is 13.0 Å². The number of nitrogens with one attached hydrogen (secondary N) is 1. The molecular formula is C21H27NO2S. The third-order valence-electron chi connectivity index (χ3n) is 4.00. The average Bonchev–Trinajstić information content (AvgIpc) is 2.60. The van der Waals surface area contributed by atoms with Crippen molar-refractivity contribution in [1.29, 1.82) is 0 Å². The molecule has 1 atom stereocenters. The normalized spacial score (nSPS) is 11.8. The van der Waals surface area contributed by atoms with Gasteiger partial charge in [0.2, 0.25) is 0 Å². The predicted octanol–water partition coefficient (Wildman–Crippen LogP) is 4.51. The van der Waals surface area contributed by atoms with Crippen molar-refractivity contribution in [1.82, 2.24) is 5.32 Å². The van der Waals surface area contributed by atoms with Crippen molar-refractivity contribution in [2.45, 2.75) is 39.0 Å². The summed E-state index contributed by atoms with van der Waals surface area (Å²) in [7, 11) is 0. The second-order valence-corrected chi connectivity index (χ2v) is 7.21. The number of rotatable bonds is 9. The number of carbonyl (C=O) groups is 1. The molecule has 1 N–H and O–H groups in total. The van der Waals surface area contributed by atoms with Crippen molar-refractivity contribution < 1.29 is 9.53 Å². The molecule has 2 aromatic rings. The van der Waals surface area contributed by atoms with Crippen molar-refractivity contribution in [2.75, 3.05) is 12.3 Å². The summed E-state index contributed by atoms with van der Waals surface area (Å²) in [6.07, 6.45) is 0.207. The molecule has 134 valence electrons. The van der Waals surface area contributed by atoms with Gasteiger partial charge in [-0.05, 0) is 49.1 Å². The Hall–Kier alpha value is -1.94. The van der Waals surface area contributed by atoms with Gasteiger partial charge < -0.3 is 10.1 Å². The van der Waals surface area contributed by atoms with Crippen LogP contribution in [-0.2, 0) is 10.5 Å². The predicted molar refractivity (Wildman–Crippen MR) is 106 cm³/mol. The molecule has 0 spiro atoms.